The SMILES string of the molecule is COCCCNCc1ccc(N(C)CCC(=O)O)c(OC)c1. The van der Waals surface area contributed by atoms with Crippen molar-refractivity contribution in [1.29, 1.82) is 0 Å². The van der Waals surface area contributed by atoms with Crippen LogP contribution in [0.5, 0.6) is 5.75 Å². The smallest absolute Gasteiger partial charge is 0.305 e. The molecule has 0 fully saturated rings. The first-order chi connectivity index (χ1) is 10.6. The molecule has 0 heterocycles. The van der Waals surface area contributed by atoms with Crippen LogP contribution in [-0.2, 0) is 16.1 Å². The molecule has 0 unspecified atom stereocenters. The van der Waals surface area contributed by atoms with Crippen LogP contribution in [0.15, 0.2) is 18.2 Å². The molecule has 0 bridgehead atoms. The van der Waals surface area contributed by atoms with Gasteiger partial charge in [-0.2, -0.15) is 0 Å². The molecule has 0 atom stereocenters. The van der Waals surface area contributed by atoms with Crippen molar-refractivity contribution >= 4 is 11.7 Å². The predicted molar refractivity (Wildman–Crippen MR) is 86.7 cm³/mol. The molecule has 1 aromatic carbocycles. The third kappa shape index (κ3) is 6.32. The van der Waals surface area contributed by atoms with Crippen molar-refractivity contribution in [3.8, 4) is 5.75 Å². The van der Waals surface area contributed by atoms with Crippen LogP contribution in [0, 0.1) is 0 Å². The van der Waals surface area contributed by atoms with E-state index in [0.717, 1.165) is 43.1 Å². The lowest BCUT2D eigenvalue weighted by atomic mass is 10.1. The zero-order valence-corrected chi connectivity index (χ0v) is 13.6. The van der Waals surface area contributed by atoms with E-state index >= 15 is 0 Å². The van der Waals surface area contributed by atoms with Gasteiger partial charge in [0.2, 0.25) is 0 Å². The van der Waals surface area contributed by atoms with E-state index in [-0.39, 0.29) is 6.42 Å². The van der Waals surface area contributed by atoms with Gasteiger partial charge in [-0.15, -0.1) is 0 Å². The van der Waals surface area contributed by atoms with Gasteiger partial charge >= 0.3 is 5.97 Å². The van der Waals surface area contributed by atoms with Gasteiger partial charge in [-0.1, -0.05) is 6.07 Å². The molecular formula is C16H26N2O4. The fraction of sp³-hybridized carbons (Fsp3) is 0.562. The molecule has 0 aliphatic carbocycles. The minimum atomic E-state index is -0.803. The van der Waals surface area contributed by atoms with Gasteiger partial charge in [-0.3, -0.25) is 4.79 Å². The van der Waals surface area contributed by atoms with Crippen LogP contribution < -0.4 is 15.0 Å². The van der Waals surface area contributed by atoms with E-state index in [9.17, 15) is 4.79 Å². The van der Waals surface area contributed by atoms with Crippen molar-refractivity contribution in [3.05, 3.63) is 23.8 Å². The summed E-state index contributed by atoms with van der Waals surface area (Å²) in [6.45, 7) is 2.86. The number of nitrogens with zero attached hydrogens (tertiary/aromatic N) is 1. The van der Waals surface area contributed by atoms with E-state index < -0.39 is 5.97 Å². The fourth-order valence-electron chi connectivity index (χ4n) is 2.11. The van der Waals surface area contributed by atoms with E-state index in [0.29, 0.717) is 6.54 Å². The van der Waals surface area contributed by atoms with Crippen molar-refractivity contribution in [2.75, 3.05) is 45.9 Å². The third-order valence-corrected chi connectivity index (χ3v) is 3.35. The predicted octanol–water partition coefficient (Wildman–Crippen LogP) is 1.73. The molecule has 0 amide bonds. The second-order valence-corrected chi connectivity index (χ2v) is 5.09. The molecular weight excluding hydrogens is 284 g/mol. The van der Waals surface area contributed by atoms with Crippen molar-refractivity contribution in [2.45, 2.75) is 19.4 Å². The summed E-state index contributed by atoms with van der Waals surface area (Å²) in [4.78, 5) is 12.6. The Morgan fingerprint density at radius 3 is 2.77 bits per heavy atom. The largest absolute Gasteiger partial charge is 0.495 e. The van der Waals surface area contributed by atoms with E-state index in [1.54, 1.807) is 14.2 Å². The van der Waals surface area contributed by atoms with Crippen molar-refractivity contribution in [2.24, 2.45) is 0 Å². The number of anilines is 1. The average molecular weight is 310 g/mol. The Morgan fingerprint density at radius 2 is 2.14 bits per heavy atom. The molecule has 6 heteroatoms. The Morgan fingerprint density at radius 1 is 1.36 bits per heavy atom. The Kier molecular flexibility index (Phi) is 8.32. The van der Waals surface area contributed by atoms with Crippen LogP contribution in [0.25, 0.3) is 0 Å². The van der Waals surface area contributed by atoms with Gasteiger partial charge in [0.1, 0.15) is 5.75 Å². The molecule has 1 rings (SSSR count). The number of carboxylic acids is 1. The van der Waals surface area contributed by atoms with Crippen molar-refractivity contribution < 1.29 is 19.4 Å². The summed E-state index contributed by atoms with van der Waals surface area (Å²) in [7, 11) is 5.19. The summed E-state index contributed by atoms with van der Waals surface area (Å²) >= 11 is 0. The molecule has 6 nitrogen and oxygen atoms in total. The number of benzene rings is 1. The van der Waals surface area contributed by atoms with Crippen molar-refractivity contribution in [3.63, 3.8) is 0 Å². The Balaban J connectivity index is 2.60. The zero-order chi connectivity index (χ0) is 16.4. The minimum Gasteiger partial charge on any atom is -0.495 e. The average Bonchev–Trinajstić information content (AvgIpc) is 2.52. The van der Waals surface area contributed by atoms with E-state index in [1.165, 1.54) is 0 Å². The van der Waals surface area contributed by atoms with Gasteiger partial charge in [-0.05, 0) is 30.7 Å². The second-order valence-electron chi connectivity index (χ2n) is 5.09. The summed E-state index contributed by atoms with van der Waals surface area (Å²) in [6.07, 6.45) is 1.08. The fourth-order valence-corrected chi connectivity index (χ4v) is 2.11. The van der Waals surface area contributed by atoms with Crippen molar-refractivity contribution in [1.82, 2.24) is 5.32 Å². The highest BCUT2D eigenvalue weighted by atomic mass is 16.5. The summed E-state index contributed by atoms with van der Waals surface area (Å²) in [5, 5.41) is 12.1. The van der Waals surface area contributed by atoms with Gasteiger partial charge in [0.15, 0.2) is 0 Å². The molecule has 1 aromatic rings. The molecule has 0 saturated carbocycles. The summed E-state index contributed by atoms with van der Waals surface area (Å²) in [6, 6.07) is 5.97. The standard InChI is InChI=1S/C16H26N2O4/c1-18(9-7-16(19)20)14-6-5-13(11-15(14)22-3)12-17-8-4-10-21-2/h5-6,11,17H,4,7-10,12H2,1-3H3,(H,19,20). The van der Waals surface area contributed by atoms with E-state index in [1.807, 2.05) is 30.1 Å². The molecule has 0 aromatic heterocycles. The first kappa shape index (κ1) is 18.3. The Hall–Kier alpha value is -1.79. The molecule has 2 N–H and O–H groups in total. The molecule has 22 heavy (non-hydrogen) atoms. The minimum absolute atomic E-state index is 0.0997. The van der Waals surface area contributed by atoms with Gasteiger partial charge < -0.3 is 24.8 Å². The van der Waals surface area contributed by atoms with Gasteiger partial charge in [0.25, 0.3) is 0 Å². The van der Waals surface area contributed by atoms with E-state index in [2.05, 4.69) is 5.32 Å². The normalized spacial score (nSPS) is 10.5. The van der Waals surface area contributed by atoms with Crippen LogP contribution in [0.4, 0.5) is 5.69 Å². The first-order valence-electron chi connectivity index (χ1n) is 7.38. The highest BCUT2D eigenvalue weighted by Gasteiger charge is 2.10. The van der Waals surface area contributed by atoms with Crippen LogP contribution >= 0.6 is 0 Å². The number of ether oxygens (including phenoxy) is 2. The van der Waals surface area contributed by atoms with Crippen LogP contribution in [0.3, 0.4) is 0 Å². The van der Waals surface area contributed by atoms with Crippen LogP contribution in [0.1, 0.15) is 18.4 Å². The lowest BCUT2D eigenvalue weighted by Gasteiger charge is -2.21. The molecule has 0 aliphatic heterocycles. The third-order valence-electron chi connectivity index (χ3n) is 3.35. The van der Waals surface area contributed by atoms with Crippen LogP contribution in [-0.4, -0.2) is 52.0 Å². The highest BCUT2D eigenvalue weighted by Crippen LogP contribution is 2.28. The number of hydrogen-bond donors (Lipinski definition) is 2. The van der Waals surface area contributed by atoms with E-state index in [4.69, 9.17) is 14.6 Å². The van der Waals surface area contributed by atoms with Gasteiger partial charge in [-0.25, -0.2) is 0 Å². The summed E-state index contributed by atoms with van der Waals surface area (Å²) in [5.74, 6) is -0.0493. The monoisotopic (exact) mass is 310 g/mol. The van der Waals surface area contributed by atoms with Gasteiger partial charge in [0, 0.05) is 33.9 Å². The number of carbonyl (C=O) groups is 1. The molecule has 0 radical (unpaired) electrons. The number of hydrogen-bond acceptors (Lipinski definition) is 5. The first-order valence-corrected chi connectivity index (χ1v) is 7.38. The number of aliphatic carboxylic acids is 1. The maximum atomic E-state index is 10.7. The van der Waals surface area contributed by atoms with Gasteiger partial charge in [0.05, 0.1) is 19.2 Å². The second kappa shape index (κ2) is 10.0. The van der Waals surface area contributed by atoms with Crippen LogP contribution in [0.2, 0.25) is 0 Å². The number of rotatable bonds is 11. The summed E-state index contributed by atoms with van der Waals surface area (Å²) < 4.78 is 10.4. The lowest BCUT2D eigenvalue weighted by Crippen LogP contribution is -2.22. The maximum Gasteiger partial charge on any atom is 0.305 e. The Labute approximate surface area is 132 Å². The number of methoxy groups -OCH3 is 2. The summed E-state index contributed by atoms with van der Waals surface area (Å²) in [5.41, 5.74) is 2.02. The lowest BCUT2D eigenvalue weighted by molar-refractivity contribution is -0.136. The zero-order valence-electron chi connectivity index (χ0n) is 13.6. The maximum absolute atomic E-state index is 10.7. The molecule has 0 saturated heterocycles. The Bertz CT molecular complexity index is 465. The number of nitrogens with one attached hydrogen (secondary N) is 1. The quantitative estimate of drug-likeness (QED) is 0.607. The molecule has 0 aliphatic rings. The highest BCUT2D eigenvalue weighted by molar-refractivity contribution is 5.68. The topological polar surface area (TPSA) is 71.0 Å². The molecule has 124 valence electrons. The number of carboxylic acid groups (broad SMARTS) is 1. The molecule has 0 spiro atoms.